The van der Waals surface area contributed by atoms with Crippen molar-refractivity contribution in [2.24, 2.45) is 0 Å². The number of hydrogen-bond donors (Lipinski definition) is 0. The number of aromatic nitrogens is 2. The lowest BCUT2D eigenvalue weighted by Crippen LogP contribution is -2.37. The topological polar surface area (TPSA) is 38.3 Å². The van der Waals surface area contributed by atoms with E-state index in [-0.39, 0.29) is 0 Å². The van der Waals surface area contributed by atoms with Crippen LogP contribution >= 0.6 is 0 Å². The second-order valence-corrected chi connectivity index (χ2v) is 5.44. The van der Waals surface area contributed by atoms with Crippen LogP contribution in [0.2, 0.25) is 0 Å². The van der Waals surface area contributed by atoms with E-state index in [0.717, 1.165) is 24.5 Å². The zero-order valence-electron chi connectivity index (χ0n) is 12.0. The molecule has 1 aromatic heterocycles. The van der Waals surface area contributed by atoms with Crippen molar-refractivity contribution in [2.45, 2.75) is 52.5 Å². The summed E-state index contributed by atoms with van der Waals surface area (Å²) in [5.74, 6) is 1.48. The number of ether oxygens (including phenoxy) is 1. The molecule has 0 bridgehead atoms. The molecule has 0 amide bonds. The molecule has 0 fully saturated rings. The zero-order valence-corrected chi connectivity index (χ0v) is 12.0. The molecule has 0 N–H and O–H groups in total. The van der Waals surface area contributed by atoms with Crippen LogP contribution in [0.4, 0.5) is 5.82 Å². The van der Waals surface area contributed by atoms with Gasteiger partial charge in [0.25, 0.3) is 0 Å². The maximum atomic E-state index is 5.25. The van der Waals surface area contributed by atoms with E-state index in [4.69, 9.17) is 4.74 Å². The lowest BCUT2D eigenvalue weighted by Gasteiger charge is -2.34. The lowest BCUT2D eigenvalue weighted by atomic mass is 9.97. The Morgan fingerprint density at radius 2 is 1.89 bits per heavy atom. The minimum Gasteiger partial charge on any atom is -0.467 e. The van der Waals surface area contributed by atoms with Crippen molar-refractivity contribution in [2.75, 3.05) is 18.6 Å². The van der Waals surface area contributed by atoms with Gasteiger partial charge in [0.2, 0.25) is 0 Å². The van der Waals surface area contributed by atoms with Crippen molar-refractivity contribution in [1.82, 2.24) is 9.97 Å². The molecule has 0 unspecified atom stereocenters. The van der Waals surface area contributed by atoms with Crippen LogP contribution < -0.4 is 9.64 Å². The highest BCUT2D eigenvalue weighted by Gasteiger charge is 2.26. The summed E-state index contributed by atoms with van der Waals surface area (Å²) >= 11 is 0. The van der Waals surface area contributed by atoms with Gasteiger partial charge in [0.05, 0.1) is 12.8 Å². The Labute approximate surface area is 109 Å². The average molecular weight is 249 g/mol. The van der Waals surface area contributed by atoms with E-state index in [1.165, 1.54) is 12.0 Å². The standard InChI is InChI=1S/C14H23N3O/c1-9(2)12-11-7-6-8-17(10(3)4)13(11)16-14(15-12)18-5/h9-10H,6-8H2,1-5H3. The largest absolute Gasteiger partial charge is 0.467 e. The molecule has 0 aliphatic carbocycles. The van der Waals surface area contributed by atoms with Crippen molar-refractivity contribution >= 4 is 5.82 Å². The molecular weight excluding hydrogens is 226 g/mol. The molecule has 2 heterocycles. The first-order valence-corrected chi connectivity index (χ1v) is 6.76. The van der Waals surface area contributed by atoms with Crippen molar-refractivity contribution in [3.8, 4) is 6.01 Å². The fourth-order valence-corrected chi connectivity index (χ4v) is 2.55. The van der Waals surface area contributed by atoms with Crippen LogP contribution in [0, 0.1) is 0 Å². The van der Waals surface area contributed by atoms with Gasteiger partial charge in [-0.05, 0) is 32.6 Å². The van der Waals surface area contributed by atoms with E-state index < -0.39 is 0 Å². The molecule has 100 valence electrons. The Bertz CT molecular complexity index is 429. The molecule has 18 heavy (non-hydrogen) atoms. The van der Waals surface area contributed by atoms with Crippen LogP contribution in [0.25, 0.3) is 0 Å². The quantitative estimate of drug-likeness (QED) is 0.825. The summed E-state index contributed by atoms with van der Waals surface area (Å²) in [5.41, 5.74) is 2.45. The van der Waals surface area contributed by atoms with Crippen LogP contribution in [-0.2, 0) is 6.42 Å². The van der Waals surface area contributed by atoms with Crippen LogP contribution in [0.1, 0.15) is 51.3 Å². The number of methoxy groups -OCH3 is 1. The van der Waals surface area contributed by atoms with Gasteiger partial charge < -0.3 is 9.64 Å². The fraction of sp³-hybridized carbons (Fsp3) is 0.714. The van der Waals surface area contributed by atoms with Crippen molar-refractivity contribution in [3.63, 3.8) is 0 Å². The number of hydrogen-bond acceptors (Lipinski definition) is 4. The summed E-state index contributed by atoms with van der Waals surface area (Å²) < 4.78 is 5.25. The molecule has 4 nitrogen and oxygen atoms in total. The predicted octanol–water partition coefficient (Wildman–Crippen LogP) is 2.77. The van der Waals surface area contributed by atoms with Crippen LogP contribution in [0.3, 0.4) is 0 Å². The predicted molar refractivity (Wildman–Crippen MR) is 73.5 cm³/mol. The lowest BCUT2D eigenvalue weighted by molar-refractivity contribution is 0.375. The summed E-state index contributed by atoms with van der Waals surface area (Å²) in [7, 11) is 1.63. The SMILES string of the molecule is COc1nc(C(C)C)c2c(n1)N(C(C)C)CCC2. The Hall–Kier alpha value is -1.32. The first kappa shape index (κ1) is 13.1. The van der Waals surface area contributed by atoms with Crippen LogP contribution in [-0.4, -0.2) is 29.7 Å². The maximum absolute atomic E-state index is 5.25. The summed E-state index contributed by atoms with van der Waals surface area (Å²) in [6, 6.07) is 0.952. The van der Waals surface area contributed by atoms with Gasteiger partial charge in [-0.25, -0.2) is 0 Å². The molecular formula is C14H23N3O. The molecule has 0 saturated carbocycles. The van der Waals surface area contributed by atoms with E-state index >= 15 is 0 Å². The monoisotopic (exact) mass is 249 g/mol. The highest BCUT2D eigenvalue weighted by atomic mass is 16.5. The highest BCUT2D eigenvalue weighted by molar-refractivity contribution is 5.53. The normalized spacial score (nSPS) is 15.2. The Balaban J connectivity index is 2.55. The maximum Gasteiger partial charge on any atom is 0.318 e. The average Bonchev–Trinajstić information content (AvgIpc) is 2.36. The number of anilines is 1. The Morgan fingerprint density at radius 3 is 2.44 bits per heavy atom. The van der Waals surface area contributed by atoms with E-state index in [0.29, 0.717) is 18.0 Å². The second-order valence-electron chi connectivity index (χ2n) is 5.44. The van der Waals surface area contributed by atoms with Gasteiger partial charge >= 0.3 is 6.01 Å². The molecule has 0 saturated heterocycles. The van der Waals surface area contributed by atoms with Gasteiger partial charge in [-0.2, -0.15) is 9.97 Å². The second kappa shape index (κ2) is 5.12. The fourth-order valence-electron chi connectivity index (χ4n) is 2.55. The Kier molecular flexibility index (Phi) is 3.73. The van der Waals surface area contributed by atoms with E-state index in [2.05, 4.69) is 42.6 Å². The molecule has 1 aliphatic rings. The van der Waals surface area contributed by atoms with E-state index in [1.807, 2.05) is 0 Å². The molecule has 0 spiro atoms. The smallest absolute Gasteiger partial charge is 0.318 e. The minimum absolute atomic E-state index is 0.405. The summed E-state index contributed by atoms with van der Waals surface area (Å²) in [6.45, 7) is 9.84. The van der Waals surface area contributed by atoms with Gasteiger partial charge in [0.1, 0.15) is 5.82 Å². The van der Waals surface area contributed by atoms with Gasteiger partial charge in [0, 0.05) is 18.2 Å². The zero-order chi connectivity index (χ0) is 13.3. The summed E-state index contributed by atoms with van der Waals surface area (Å²) in [5, 5.41) is 0. The van der Waals surface area contributed by atoms with Crippen LogP contribution in [0.5, 0.6) is 6.01 Å². The first-order valence-electron chi connectivity index (χ1n) is 6.76. The first-order chi connectivity index (χ1) is 8.54. The van der Waals surface area contributed by atoms with Crippen molar-refractivity contribution in [1.29, 1.82) is 0 Å². The van der Waals surface area contributed by atoms with Gasteiger partial charge in [-0.3, -0.25) is 0 Å². The minimum atomic E-state index is 0.405. The van der Waals surface area contributed by atoms with Gasteiger partial charge in [-0.1, -0.05) is 13.8 Å². The number of nitrogens with zero attached hydrogens (tertiary/aromatic N) is 3. The van der Waals surface area contributed by atoms with E-state index in [1.54, 1.807) is 7.11 Å². The highest BCUT2D eigenvalue weighted by Crippen LogP contribution is 2.33. The molecule has 0 aromatic carbocycles. The van der Waals surface area contributed by atoms with Crippen molar-refractivity contribution < 1.29 is 4.74 Å². The third-order valence-electron chi connectivity index (χ3n) is 3.45. The molecule has 1 aliphatic heterocycles. The third kappa shape index (κ3) is 2.28. The summed E-state index contributed by atoms with van der Waals surface area (Å²) in [6.07, 6.45) is 2.26. The van der Waals surface area contributed by atoms with Gasteiger partial charge in [0.15, 0.2) is 0 Å². The van der Waals surface area contributed by atoms with Crippen LogP contribution in [0.15, 0.2) is 0 Å². The Morgan fingerprint density at radius 1 is 1.17 bits per heavy atom. The molecule has 0 atom stereocenters. The summed E-state index contributed by atoms with van der Waals surface area (Å²) in [4.78, 5) is 11.5. The molecule has 2 rings (SSSR count). The van der Waals surface area contributed by atoms with E-state index in [9.17, 15) is 0 Å². The van der Waals surface area contributed by atoms with Crippen molar-refractivity contribution in [3.05, 3.63) is 11.3 Å². The number of fused-ring (bicyclic) bond motifs is 1. The number of rotatable bonds is 3. The molecule has 4 heteroatoms. The molecule has 0 radical (unpaired) electrons. The third-order valence-corrected chi connectivity index (χ3v) is 3.45. The molecule has 1 aromatic rings. The van der Waals surface area contributed by atoms with Gasteiger partial charge in [-0.15, -0.1) is 0 Å².